The number of nitriles is 1. The minimum absolute atomic E-state index is 0.0261. The van der Waals surface area contributed by atoms with Crippen molar-refractivity contribution < 1.29 is 13.2 Å². The number of likely N-dealkylation sites (N-methyl/N-ethyl adjacent to an activating group) is 1. The fourth-order valence-corrected chi connectivity index (χ4v) is 4.62. The Morgan fingerprint density at radius 1 is 1.46 bits per heavy atom. The molecule has 8 nitrogen and oxygen atoms in total. The van der Waals surface area contributed by atoms with Gasteiger partial charge in [0, 0.05) is 12.6 Å². The highest BCUT2D eigenvalue weighted by atomic mass is 32.2. The number of sulfone groups is 1. The van der Waals surface area contributed by atoms with Gasteiger partial charge < -0.3 is 4.90 Å². The molecule has 1 aliphatic heterocycles. The summed E-state index contributed by atoms with van der Waals surface area (Å²) in [6.07, 6.45) is 0.403. The van der Waals surface area contributed by atoms with Crippen LogP contribution < -0.4 is 5.56 Å². The Morgan fingerprint density at radius 3 is 2.62 bits per heavy atom. The number of aromatic nitrogens is 2. The molecule has 24 heavy (non-hydrogen) atoms. The van der Waals surface area contributed by atoms with E-state index in [1.165, 1.54) is 4.90 Å². The number of aryl methyl sites for hydroxylation is 1. The second kappa shape index (κ2) is 6.73. The number of nitrogens with zero attached hydrogens (tertiary/aromatic N) is 4. The van der Waals surface area contributed by atoms with Crippen molar-refractivity contribution >= 4 is 15.7 Å². The molecule has 0 N–H and O–H groups in total. The van der Waals surface area contributed by atoms with E-state index in [-0.39, 0.29) is 35.6 Å². The van der Waals surface area contributed by atoms with Gasteiger partial charge in [0.1, 0.15) is 18.2 Å². The molecular weight excluding hydrogens is 332 g/mol. The summed E-state index contributed by atoms with van der Waals surface area (Å²) in [5.74, 6) is -0.353. The minimum Gasteiger partial charge on any atom is -0.337 e. The fraction of sp³-hybridized carbons (Fsp3) is 0.600. The van der Waals surface area contributed by atoms with Gasteiger partial charge in [0.25, 0.3) is 5.56 Å². The van der Waals surface area contributed by atoms with Gasteiger partial charge in [-0.1, -0.05) is 0 Å². The van der Waals surface area contributed by atoms with Crippen LogP contribution in [-0.2, 0) is 21.2 Å². The van der Waals surface area contributed by atoms with Crippen molar-refractivity contribution in [2.45, 2.75) is 39.8 Å². The van der Waals surface area contributed by atoms with Crippen LogP contribution in [0.25, 0.3) is 0 Å². The lowest BCUT2D eigenvalue weighted by atomic mass is 10.1. The molecule has 1 amide bonds. The van der Waals surface area contributed by atoms with E-state index in [1.807, 2.05) is 6.07 Å². The van der Waals surface area contributed by atoms with Gasteiger partial charge in [-0.2, -0.15) is 10.4 Å². The lowest BCUT2D eigenvalue weighted by Gasteiger charge is -2.27. The van der Waals surface area contributed by atoms with Gasteiger partial charge in [-0.05, 0) is 32.8 Å². The Bertz CT molecular complexity index is 867. The molecule has 1 saturated heterocycles. The van der Waals surface area contributed by atoms with Crippen molar-refractivity contribution in [3.63, 3.8) is 0 Å². The van der Waals surface area contributed by atoms with Crippen LogP contribution in [-0.4, -0.2) is 53.1 Å². The third kappa shape index (κ3) is 3.48. The van der Waals surface area contributed by atoms with Gasteiger partial charge in [0.2, 0.25) is 5.91 Å². The molecule has 0 radical (unpaired) electrons. The Morgan fingerprint density at radius 2 is 2.12 bits per heavy atom. The number of carbonyl (C=O) groups is 1. The number of rotatable bonds is 4. The van der Waals surface area contributed by atoms with E-state index in [0.29, 0.717) is 24.2 Å². The van der Waals surface area contributed by atoms with Crippen molar-refractivity contribution in [3.05, 3.63) is 27.2 Å². The van der Waals surface area contributed by atoms with E-state index in [4.69, 9.17) is 5.26 Å². The highest BCUT2D eigenvalue weighted by molar-refractivity contribution is 7.91. The standard InChI is InChI=1S/C15H20N4O4S/c1-4-18(12-5-6-24(22,23)9-12)14(20)8-19-15(21)13(7-16)10(2)11(3)17-19/h12H,4-6,8-9H2,1-3H3/t12-/m0/s1. The molecule has 1 fully saturated rings. The van der Waals surface area contributed by atoms with Gasteiger partial charge in [-0.15, -0.1) is 0 Å². The average Bonchev–Trinajstić information content (AvgIpc) is 2.86. The Kier molecular flexibility index (Phi) is 5.08. The van der Waals surface area contributed by atoms with E-state index in [2.05, 4.69) is 5.10 Å². The number of carbonyl (C=O) groups excluding carboxylic acids is 1. The molecule has 1 aromatic heterocycles. The first kappa shape index (κ1) is 18.1. The van der Waals surface area contributed by atoms with Crippen LogP contribution in [0, 0.1) is 25.2 Å². The Balaban J connectivity index is 2.28. The maximum absolute atomic E-state index is 12.5. The van der Waals surface area contributed by atoms with Gasteiger partial charge in [-0.25, -0.2) is 13.1 Å². The van der Waals surface area contributed by atoms with Gasteiger partial charge in [-0.3, -0.25) is 9.59 Å². The van der Waals surface area contributed by atoms with E-state index < -0.39 is 15.4 Å². The van der Waals surface area contributed by atoms with E-state index in [0.717, 1.165) is 4.68 Å². The molecule has 0 aliphatic carbocycles. The lowest BCUT2D eigenvalue weighted by molar-refractivity contribution is -0.133. The van der Waals surface area contributed by atoms with Crippen molar-refractivity contribution in [1.82, 2.24) is 14.7 Å². The smallest absolute Gasteiger partial charge is 0.285 e. The Labute approximate surface area is 140 Å². The molecule has 2 rings (SSSR count). The van der Waals surface area contributed by atoms with Crippen LogP contribution in [0.1, 0.15) is 30.2 Å². The van der Waals surface area contributed by atoms with Crippen LogP contribution in [0.4, 0.5) is 0 Å². The summed E-state index contributed by atoms with van der Waals surface area (Å²) in [6, 6.07) is 1.48. The zero-order chi connectivity index (χ0) is 18.1. The molecule has 130 valence electrons. The summed E-state index contributed by atoms with van der Waals surface area (Å²) < 4.78 is 24.2. The highest BCUT2D eigenvalue weighted by Crippen LogP contribution is 2.18. The summed E-state index contributed by atoms with van der Waals surface area (Å²) >= 11 is 0. The topological polar surface area (TPSA) is 113 Å². The molecule has 1 aromatic rings. The predicted octanol–water partition coefficient (Wildman–Crippen LogP) is -0.233. The summed E-state index contributed by atoms with van der Waals surface area (Å²) in [5, 5.41) is 13.2. The number of amides is 1. The van der Waals surface area contributed by atoms with Crippen molar-refractivity contribution in [2.75, 3.05) is 18.1 Å². The van der Waals surface area contributed by atoms with E-state index in [1.54, 1.807) is 20.8 Å². The van der Waals surface area contributed by atoms with Crippen molar-refractivity contribution in [3.8, 4) is 6.07 Å². The van der Waals surface area contributed by atoms with Gasteiger partial charge >= 0.3 is 0 Å². The Hall–Kier alpha value is -2.21. The molecule has 9 heteroatoms. The lowest BCUT2D eigenvalue weighted by Crippen LogP contribution is -2.44. The molecule has 1 atom stereocenters. The second-order valence-corrected chi connectivity index (χ2v) is 8.13. The molecule has 0 aromatic carbocycles. The largest absolute Gasteiger partial charge is 0.337 e. The molecule has 0 unspecified atom stereocenters. The zero-order valence-electron chi connectivity index (χ0n) is 13.9. The molecule has 2 heterocycles. The predicted molar refractivity (Wildman–Crippen MR) is 87.1 cm³/mol. The summed E-state index contributed by atoms with van der Waals surface area (Å²) in [5.41, 5.74) is 0.372. The number of hydrogen-bond donors (Lipinski definition) is 0. The molecule has 0 spiro atoms. The van der Waals surface area contributed by atoms with Crippen LogP contribution in [0.5, 0.6) is 0 Å². The summed E-state index contributed by atoms with van der Waals surface area (Å²) in [7, 11) is -3.11. The quantitative estimate of drug-likeness (QED) is 0.739. The first-order valence-electron chi connectivity index (χ1n) is 7.68. The zero-order valence-corrected chi connectivity index (χ0v) is 14.8. The normalized spacial score (nSPS) is 19.0. The monoisotopic (exact) mass is 352 g/mol. The molecule has 0 saturated carbocycles. The van der Waals surface area contributed by atoms with Crippen LogP contribution in [0.2, 0.25) is 0 Å². The summed E-state index contributed by atoms with van der Waals surface area (Å²) in [6.45, 7) is 5.11. The minimum atomic E-state index is -3.11. The maximum atomic E-state index is 12.5. The van der Waals surface area contributed by atoms with Crippen LogP contribution in [0.3, 0.4) is 0 Å². The van der Waals surface area contributed by atoms with Crippen molar-refractivity contribution in [1.29, 1.82) is 5.26 Å². The SMILES string of the molecule is CCN(C(=O)Cn1nc(C)c(C)c(C#N)c1=O)[C@H]1CCS(=O)(=O)C1. The second-order valence-electron chi connectivity index (χ2n) is 5.90. The average molecular weight is 352 g/mol. The maximum Gasteiger partial charge on any atom is 0.285 e. The molecule has 1 aliphatic rings. The first-order valence-corrected chi connectivity index (χ1v) is 9.50. The van der Waals surface area contributed by atoms with E-state index in [9.17, 15) is 18.0 Å². The van der Waals surface area contributed by atoms with Crippen LogP contribution >= 0.6 is 0 Å². The molecule has 0 bridgehead atoms. The first-order chi connectivity index (χ1) is 11.2. The van der Waals surface area contributed by atoms with Gasteiger partial charge in [0.15, 0.2) is 9.84 Å². The van der Waals surface area contributed by atoms with Gasteiger partial charge in [0.05, 0.1) is 17.2 Å². The van der Waals surface area contributed by atoms with Crippen LogP contribution in [0.15, 0.2) is 4.79 Å². The third-order valence-corrected chi connectivity index (χ3v) is 6.09. The van der Waals surface area contributed by atoms with Crippen molar-refractivity contribution in [2.24, 2.45) is 0 Å². The molecular formula is C15H20N4O4S. The van der Waals surface area contributed by atoms with E-state index >= 15 is 0 Å². The summed E-state index contributed by atoms with van der Waals surface area (Å²) in [4.78, 5) is 26.3. The fourth-order valence-electron chi connectivity index (χ4n) is 2.89. The number of hydrogen-bond acceptors (Lipinski definition) is 6. The highest BCUT2D eigenvalue weighted by Gasteiger charge is 2.34. The third-order valence-electron chi connectivity index (χ3n) is 4.34.